The van der Waals surface area contributed by atoms with Crippen molar-refractivity contribution in [2.75, 3.05) is 19.8 Å². The van der Waals surface area contributed by atoms with Crippen molar-refractivity contribution < 1.29 is 27.8 Å². The van der Waals surface area contributed by atoms with Gasteiger partial charge in [0.05, 0.1) is 6.10 Å². The first-order valence-electron chi connectivity index (χ1n) is 6.57. The van der Waals surface area contributed by atoms with Crippen LogP contribution in [-0.2, 0) is 14.3 Å². The van der Waals surface area contributed by atoms with E-state index in [0.717, 1.165) is 31.0 Å². The molecule has 7 heteroatoms. The van der Waals surface area contributed by atoms with E-state index in [-0.39, 0.29) is 6.10 Å². The molecule has 1 aliphatic rings. The van der Waals surface area contributed by atoms with Crippen LogP contribution in [0.5, 0.6) is 0 Å². The van der Waals surface area contributed by atoms with E-state index in [1.807, 2.05) is 0 Å². The summed E-state index contributed by atoms with van der Waals surface area (Å²) in [6, 6.07) is 3.02. The zero-order valence-corrected chi connectivity index (χ0v) is 11.2. The first-order valence-corrected chi connectivity index (χ1v) is 6.57. The molecule has 1 fully saturated rings. The Labute approximate surface area is 120 Å². The highest BCUT2D eigenvalue weighted by molar-refractivity contribution is 5.91. The monoisotopic (exact) mass is 299 g/mol. The molecule has 1 aromatic rings. The number of hydrogen-bond donors (Lipinski definition) is 1. The van der Waals surface area contributed by atoms with Gasteiger partial charge in [0, 0.05) is 13.2 Å². The van der Waals surface area contributed by atoms with Gasteiger partial charge < -0.3 is 14.8 Å². The van der Waals surface area contributed by atoms with Crippen LogP contribution in [0.4, 0.5) is 8.78 Å². The number of rotatable bonds is 5. The molecule has 1 aromatic carbocycles. The molecule has 2 rings (SSSR count). The topological polar surface area (TPSA) is 64.6 Å². The van der Waals surface area contributed by atoms with Crippen molar-refractivity contribution >= 4 is 11.9 Å². The lowest BCUT2D eigenvalue weighted by Crippen LogP contribution is -2.35. The van der Waals surface area contributed by atoms with Crippen molar-refractivity contribution in [3.63, 3.8) is 0 Å². The molecule has 1 atom stereocenters. The Hall–Kier alpha value is -2.02. The van der Waals surface area contributed by atoms with E-state index in [0.29, 0.717) is 13.2 Å². The zero-order chi connectivity index (χ0) is 15.2. The van der Waals surface area contributed by atoms with Crippen molar-refractivity contribution in [2.45, 2.75) is 18.9 Å². The molecule has 0 aliphatic carbocycles. The van der Waals surface area contributed by atoms with E-state index in [4.69, 9.17) is 4.74 Å². The van der Waals surface area contributed by atoms with Crippen LogP contribution in [0.25, 0.3) is 0 Å². The molecule has 0 bridgehead atoms. The van der Waals surface area contributed by atoms with Gasteiger partial charge in [0.1, 0.15) is 17.2 Å². The zero-order valence-electron chi connectivity index (χ0n) is 11.2. The van der Waals surface area contributed by atoms with Gasteiger partial charge in [0.2, 0.25) is 0 Å². The van der Waals surface area contributed by atoms with Gasteiger partial charge in [-0.15, -0.1) is 0 Å². The van der Waals surface area contributed by atoms with E-state index < -0.39 is 35.7 Å². The maximum absolute atomic E-state index is 13.3. The highest BCUT2D eigenvalue weighted by Gasteiger charge is 2.20. The van der Waals surface area contributed by atoms with Gasteiger partial charge >= 0.3 is 5.97 Å². The number of benzene rings is 1. The summed E-state index contributed by atoms with van der Waals surface area (Å²) in [5.41, 5.74) is -0.801. The number of ether oxygens (including phenoxy) is 2. The third-order valence-electron chi connectivity index (χ3n) is 3.05. The molecule has 0 radical (unpaired) electrons. The van der Waals surface area contributed by atoms with Gasteiger partial charge in [-0.2, -0.15) is 0 Å². The molecular weight excluding hydrogens is 284 g/mol. The Bertz CT molecular complexity index is 509. The predicted octanol–water partition coefficient (Wildman–Crippen LogP) is 1.42. The molecule has 114 valence electrons. The van der Waals surface area contributed by atoms with E-state index >= 15 is 0 Å². The maximum Gasteiger partial charge on any atom is 0.344 e. The van der Waals surface area contributed by atoms with Crippen LogP contribution < -0.4 is 5.32 Å². The Morgan fingerprint density at radius 2 is 2.05 bits per heavy atom. The van der Waals surface area contributed by atoms with Crippen LogP contribution in [-0.4, -0.2) is 37.7 Å². The summed E-state index contributed by atoms with van der Waals surface area (Å²) in [6.07, 6.45) is 1.77. The van der Waals surface area contributed by atoms with Crippen LogP contribution in [0.15, 0.2) is 18.2 Å². The number of esters is 1. The molecule has 21 heavy (non-hydrogen) atoms. The second kappa shape index (κ2) is 7.12. The second-order valence-corrected chi connectivity index (χ2v) is 4.61. The fourth-order valence-corrected chi connectivity index (χ4v) is 1.98. The van der Waals surface area contributed by atoms with Gasteiger partial charge in [-0.05, 0) is 25.0 Å². The quantitative estimate of drug-likeness (QED) is 0.835. The molecule has 1 aliphatic heterocycles. The first-order chi connectivity index (χ1) is 10.1. The van der Waals surface area contributed by atoms with E-state index in [2.05, 4.69) is 10.1 Å². The van der Waals surface area contributed by atoms with Crippen LogP contribution in [0.1, 0.15) is 23.2 Å². The average molecular weight is 299 g/mol. The van der Waals surface area contributed by atoms with Crippen molar-refractivity contribution in [3.8, 4) is 0 Å². The first kappa shape index (κ1) is 15.4. The Morgan fingerprint density at radius 3 is 2.67 bits per heavy atom. The Morgan fingerprint density at radius 1 is 1.33 bits per heavy atom. The molecule has 1 unspecified atom stereocenters. The smallest absolute Gasteiger partial charge is 0.344 e. The molecule has 1 N–H and O–H groups in total. The van der Waals surface area contributed by atoms with Crippen molar-refractivity contribution in [1.29, 1.82) is 0 Å². The lowest BCUT2D eigenvalue weighted by Gasteiger charge is -2.11. The molecule has 1 saturated heterocycles. The SMILES string of the molecule is O=C(COC(=O)c1c(F)cccc1F)NCC1CCCO1. The number of halogens is 2. The molecule has 1 amide bonds. The lowest BCUT2D eigenvalue weighted by molar-refractivity contribution is -0.124. The molecule has 1 heterocycles. The van der Waals surface area contributed by atoms with E-state index in [1.165, 1.54) is 0 Å². The van der Waals surface area contributed by atoms with Gasteiger partial charge in [-0.3, -0.25) is 4.79 Å². The minimum atomic E-state index is -1.21. The average Bonchev–Trinajstić information content (AvgIpc) is 2.96. The normalized spacial score (nSPS) is 17.5. The van der Waals surface area contributed by atoms with Gasteiger partial charge in [-0.1, -0.05) is 6.07 Å². The summed E-state index contributed by atoms with van der Waals surface area (Å²) >= 11 is 0. The van der Waals surface area contributed by atoms with Gasteiger partial charge in [0.25, 0.3) is 5.91 Å². The summed E-state index contributed by atoms with van der Waals surface area (Å²) in [6.45, 7) is 0.395. The summed E-state index contributed by atoms with van der Waals surface area (Å²) < 4.78 is 36.5. The van der Waals surface area contributed by atoms with E-state index in [9.17, 15) is 18.4 Å². The summed E-state index contributed by atoms with van der Waals surface area (Å²) in [4.78, 5) is 23.0. The second-order valence-electron chi connectivity index (χ2n) is 4.61. The van der Waals surface area contributed by atoms with Gasteiger partial charge in [-0.25, -0.2) is 13.6 Å². The summed E-state index contributed by atoms with van der Waals surface area (Å²) in [5, 5.41) is 2.53. The van der Waals surface area contributed by atoms with E-state index in [1.54, 1.807) is 0 Å². The van der Waals surface area contributed by atoms with Crippen molar-refractivity contribution in [2.24, 2.45) is 0 Å². The number of carbonyl (C=O) groups excluding carboxylic acids is 2. The highest BCUT2D eigenvalue weighted by atomic mass is 19.1. The fraction of sp³-hybridized carbons (Fsp3) is 0.429. The number of nitrogens with one attached hydrogen (secondary N) is 1. The molecule has 0 aromatic heterocycles. The molecule has 0 saturated carbocycles. The minimum Gasteiger partial charge on any atom is -0.452 e. The minimum absolute atomic E-state index is 0.0336. The third-order valence-corrected chi connectivity index (χ3v) is 3.05. The molecule has 0 spiro atoms. The van der Waals surface area contributed by atoms with Crippen molar-refractivity contribution in [1.82, 2.24) is 5.32 Å². The number of hydrogen-bond acceptors (Lipinski definition) is 4. The molecule has 5 nitrogen and oxygen atoms in total. The van der Waals surface area contributed by atoms with Crippen LogP contribution in [0, 0.1) is 11.6 Å². The molecular formula is C14H15F2NO4. The standard InChI is InChI=1S/C14H15F2NO4/c15-10-4-1-5-11(16)13(10)14(19)21-8-12(18)17-7-9-3-2-6-20-9/h1,4-5,9H,2-3,6-8H2,(H,17,18). The lowest BCUT2D eigenvalue weighted by atomic mass is 10.2. The van der Waals surface area contributed by atoms with Crippen molar-refractivity contribution in [3.05, 3.63) is 35.4 Å². The number of carbonyl (C=O) groups is 2. The van der Waals surface area contributed by atoms with Crippen LogP contribution in [0.2, 0.25) is 0 Å². The third kappa shape index (κ3) is 4.22. The van der Waals surface area contributed by atoms with Gasteiger partial charge in [0.15, 0.2) is 6.61 Å². The van der Waals surface area contributed by atoms with Crippen LogP contribution >= 0.6 is 0 Å². The maximum atomic E-state index is 13.3. The largest absolute Gasteiger partial charge is 0.452 e. The number of amides is 1. The predicted molar refractivity (Wildman–Crippen MR) is 68.6 cm³/mol. The Balaban J connectivity index is 1.79. The Kier molecular flexibility index (Phi) is 5.21. The fourth-order valence-electron chi connectivity index (χ4n) is 1.98. The van der Waals surface area contributed by atoms with Crippen LogP contribution in [0.3, 0.4) is 0 Å². The summed E-state index contributed by atoms with van der Waals surface area (Å²) in [5.74, 6) is -3.81. The highest BCUT2D eigenvalue weighted by Crippen LogP contribution is 2.13. The summed E-state index contributed by atoms with van der Waals surface area (Å²) in [7, 11) is 0.